The lowest BCUT2D eigenvalue weighted by Crippen LogP contribution is -2.46. The van der Waals surface area contributed by atoms with Crippen molar-refractivity contribution in [3.63, 3.8) is 0 Å². The fourth-order valence-electron chi connectivity index (χ4n) is 14.7. The highest BCUT2D eigenvalue weighted by atomic mass is 16.5. The molecule has 610 valence electrons. The molecule has 11 rings (SSSR count). The van der Waals surface area contributed by atoms with Crippen molar-refractivity contribution in [2.75, 3.05) is 47.0 Å². The van der Waals surface area contributed by atoms with Gasteiger partial charge in [-0.05, 0) is 216 Å². The predicted octanol–water partition coefficient (Wildman–Crippen LogP) is 17.6. The molecule has 0 fully saturated rings. The zero-order valence-electron chi connectivity index (χ0n) is 68.6. The second-order valence-corrected chi connectivity index (χ2v) is 30.2. The minimum Gasteiger partial charge on any atom is -0.507 e. The largest absolute Gasteiger partial charge is 0.507 e. The number of aromatic hydroxyl groups is 1. The number of nitrogens with zero attached hydrogens (tertiary/aromatic N) is 2. The number of phenols is 1. The van der Waals surface area contributed by atoms with E-state index >= 15 is 0 Å². The highest BCUT2D eigenvalue weighted by molar-refractivity contribution is 6.05. The summed E-state index contributed by atoms with van der Waals surface area (Å²) in [5, 5.41) is 47.6. The number of likely N-dealkylation sites (N-methyl/N-ethyl adjacent to an activating group) is 1. The second kappa shape index (κ2) is 43.7. The van der Waals surface area contributed by atoms with Crippen molar-refractivity contribution >= 4 is 90.2 Å². The van der Waals surface area contributed by atoms with Gasteiger partial charge < -0.3 is 56.9 Å². The number of ether oxygens (including phenoxy) is 3. The smallest absolute Gasteiger partial charge is 0.339 e. The van der Waals surface area contributed by atoms with Gasteiger partial charge in [-0.15, -0.1) is 0 Å². The van der Waals surface area contributed by atoms with Crippen molar-refractivity contribution in [1.82, 2.24) is 10.2 Å². The van der Waals surface area contributed by atoms with E-state index in [9.17, 15) is 53.8 Å². The zero-order chi connectivity index (χ0) is 84.3. The van der Waals surface area contributed by atoms with E-state index in [1.165, 1.54) is 86.4 Å². The van der Waals surface area contributed by atoms with Gasteiger partial charge >= 0.3 is 17.9 Å². The summed E-state index contributed by atoms with van der Waals surface area (Å²) in [6, 6.07) is 49.6. The van der Waals surface area contributed by atoms with Gasteiger partial charge in [-0.1, -0.05) is 174 Å². The monoisotopic (exact) mass is 1570 g/mol. The topological polar surface area (TPSA) is 342 Å². The number of rotatable bonds is 29. The highest BCUT2D eigenvalue weighted by Crippen LogP contribution is 2.42. The van der Waals surface area contributed by atoms with Crippen LogP contribution in [0.3, 0.4) is 0 Å². The summed E-state index contributed by atoms with van der Waals surface area (Å²) in [7, 11) is 2.94. The van der Waals surface area contributed by atoms with E-state index in [2.05, 4.69) is 73.8 Å². The van der Waals surface area contributed by atoms with Crippen LogP contribution in [-0.2, 0) is 43.2 Å². The van der Waals surface area contributed by atoms with Crippen LogP contribution in [0, 0.1) is 57.8 Å². The molecular formula is C96H112N6O14. The van der Waals surface area contributed by atoms with Crippen LogP contribution in [0.15, 0.2) is 158 Å². The van der Waals surface area contributed by atoms with Crippen molar-refractivity contribution in [3.8, 4) is 34.4 Å². The molecule has 2 amide bonds. The lowest BCUT2D eigenvalue weighted by Gasteiger charge is -2.32. The molecule has 4 bridgehead atoms. The maximum Gasteiger partial charge on any atom is 0.339 e. The SMILES string of the molecule is CCCCCCc1ccc2cc(C)c(C(=O)C[C@@H](CCN)C(=O)N(C)[C@@H]3C(=O)C[C@@H](C)C(=O)N[C@H](C(=O)CCC#N)Cc4ccc(OCCN)c(c4)-c4cc3ccc4OCCN)cc2c1.CCCCCCc1ccc2cc(C)c(C(=O)O)cc2c1.COC(=O)c1cc2cc(C)ccc2cc1C.Cc1ccc2cc(O)c(C(=O)O)cc2c1. The van der Waals surface area contributed by atoms with Crippen molar-refractivity contribution in [1.29, 1.82) is 5.26 Å². The average molecular weight is 1570 g/mol. The molecule has 0 aromatic heterocycles. The zero-order valence-corrected chi connectivity index (χ0v) is 68.6. The number of carbonyl (C=O) groups is 8. The summed E-state index contributed by atoms with van der Waals surface area (Å²) < 4.78 is 17.0. The quantitative estimate of drug-likeness (QED) is 0.0130. The molecule has 0 aliphatic carbocycles. The number of benzene rings is 10. The number of carboxylic acids is 2. The standard InChI is InChI=1S/C52H66N6O7.C18H22O2.C14H14O2.C12H10O3/c1-5-6-7-8-10-35-12-14-37-25-33(2)41(31-40(37)27-35)46(60)32-39(18-20-54)52(63)58(4)50-38-15-17-49(65-24-22-56)43(30-38)42-28-36(13-16-48(42)64-23-21-55)29-44(45(59)11-9-19-53)57-51(62)34(3)26-47(50)61;1-3-4-5-6-7-14-8-9-15-10-13(2)17(18(19)20)12-16(15)11-14;1-9-4-5-11-7-10(2)13(14(15)16-3)8-12(11)6-9;1-7-2-3-8-6-11(13)10(12(14)15)5-9(8)4-7/h12-17,25,27-28,30-31,34,39,44,50H,5-11,18,20-24,26,29,32,54-56H2,1-4H3,(H,57,62);8-12H,3-7H2,1-2H3,(H,19,20);4-8H,1-3H3;2-6,13H,1H3,(H,14,15)/t34-,39-,44+,50+;;;/m1.../s1. The number of unbranched alkanes of at least 4 members (excludes halogenated alkanes) is 6. The molecule has 0 unspecified atom stereocenters. The molecule has 1 heterocycles. The van der Waals surface area contributed by atoms with Crippen LogP contribution >= 0.6 is 0 Å². The number of fused-ring (bicyclic) bond motifs is 9. The van der Waals surface area contributed by atoms with E-state index in [4.69, 9.17) is 36.5 Å². The molecule has 20 heteroatoms. The van der Waals surface area contributed by atoms with Gasteiger partial charge in [0.1, 0.15) is 42.1 Å². The number of hydrogen-bond donors (Lipinski definition) is 7. The normalized spacial score (nSPS) is 14.1. The molecule has 116 heavy (non-hydrogen) atoms. The van der Waals surface area contributed by atoms with Crippen LogP contribution < -0.4 is 32.0 Å². The Hall–Kier alpha value is -11.6. The van der Waals surface area contributed by atoms with E-state index in [1.54, 1.807) is 43.3 Å². The van der Waals surface area contributed by atoms with Crippen molar-refractivity contribution in [3.05, 3.63) is 230 Å². The lowest BCUT2D eigenvalue weighted by molar-refractivity contribution is -0.142. The van der Waals surface area contributed by atoms with Crippen LogP contribution in [0.5, 0.6) is 17.2 Å². The first-order valence-electron chi connectivity index (χ1n) is 40.2. The Bertz CT molecular complexity index is 5240. The average Bonchev–Trinajstić information content (AvgIpc) is 0.774. The first-order valence-corrected chi connectivity index (χ1v) is 40.2. The Kier molecular flexibility index (Phi) is 33.9. The van der Waals surface area contributed by atoms with Gasteiger partial charge in [0.2, 0.25) is 11.8 Å². The van der Waals surface area contributed by atoms with Gasteiger partial charge in [0.15, 0.2) is 17.3 Å². The summed E-state index contributed by atoms with van der Waals surface area (Å²) in [5.41, 5.74) is 28.9. The van der Waals surface area contributed by atoms with Crippen molar-refractivity contribution in [2.24, 2.45) is 29.0 Å². The molecule has 1 aliphatic rings. The molecule has 0 saturated carbocycles. The van der Waals surface area contributed by atoms with E-state index in [0.29, 0.717) is 50.4 Å². The number of esters is 1. The van der Waals surface area contributed by atoms with Crippen LogP contribution in [0.2, 0.25) is 0 Å². The van der Waals surface area contributed by atoms with Crippen LogP contribution in [0.4, 0.5) is 0 Å². The van der Waals surface area contributed by atoms with E-state index in [0.717, 1.165) is 91.0 Å². The van der Waals surface area contributed by atoms with Crippen molar-refractivity contribution < 1.29 is 67.9 Å². The second-order valence-electron chi connectivity index (χ2n) is 30.2. The number of carboxylic acid groups (broad SMARTS) is 2. The highest BCUT2D eigenvalue weighted by Gasteiger charge is 2.37. The first kappa shape index (κ1) is 89.9. The number of nitriles is 1. The Morgan fingerprint density at radius 2 is 1.05 bits per heavy atom. The molecule has 0 radical (unpaired) electrons. The third-order valence-electron chi connectivity index (χ3n) is 21.1. The van der Waals surface area contributed by atoms with Gasteiger partial charge in [-0.3, -0.25) is 24.0 Å². The number of nitrogens with two attached hydrogens (primary N) is 3. The molecular weight excluding hydrogens is 1460 g/mol. The summed E-state index contributed by atoms with van der Waals surface area (Å²) in [5.74, 6) is -5.24. The van der Waals surface area contributed by atoms with E-state index in [-0.39, 0.29) is 100 Å². The number of Topliss-reactive ketones (excluding diaryl/α,β-unsaturated/α-hetero) is 3. The molecule has 4 atom stereocenters. The third-order valence-corrected chi connectivity index (χ3v) is 21.1. The van der Waals surface area contributed by atoms with E-state index in [1.807, 2.05) is 95.3 Å². The number of hydrogen-bond acceptors (Lipinski definition) is 16. The minimum absolute atomic E-state index is 0.0221. The number of carbonyl (C=O) groups excluding carboxylic acids is 6. The number of aryl methyl sites for hydroxylation is 7. The van der Waals surface area contributed by atoms with Gasteiger partial charge in [-0.25, -0.2) is 14.4 Å². The third kappa shape index (κ3) is 24.5. The molecule has 10 aromatic rings. The Morgan fingerprint density at radius 3 is 1.58 bits per heavy atom. The van der Waals surface area contributed by atoms with Crippen LogP contribution in [-0.4, -0.2) is 120 Å². The minimum atomic E-state index is -1.21. The molecule has 10 N–H and O–H groups in total. The summed E-state index contributed by atoms with van der Waals surface area (Å²) >= 11 is 0. The summed E-state index contributed by atoms with van der Waals surface area (Å²) in [4.78, 5) is 106. The van der Waals surface area contributed by atoms with Gasteiger partial charge in [0.25, 0.3) is 0 Å². The molecule has 0 spiro atoms. The number of aromatic carboxylic acids is 2. The summed E-state index contributed by atoms with van der Waals surface area (Å²) in [6.45, 7) is 16.6. The lowest BCUT2D eigenvalue weighted by atomic mass is 9.87. The van der Waals surface area contributed by atoms with Crippen molar-refractivity contribution in [2.45, 2.75) is 170 Å². The fourth-order valence-corrected chi connectivity index (χ4v) is 14.7. The summed E-state index contributed by atoms with van der Waals surface area (Å²) in [6.07, 6.45) is 11.5. The molecule has 20 nitrogen and oxygen atoms in total. The predicted molar refractivity (Wildman–Crippen MR) is 459 cm³/mol. The Balaban J connectivity index is 0.000000260. The molecule has 10 aromatic carbocycles. The van der Waals surface area contributed by atoms with Gasteiger partial charge in [0, 0.05) is 74.3 Å². The van der Waals surface area contributed by atoms with Crippen LogP contribution in [0.25, 0.3) is 54.2 Å². The first-order chi connectivity index (χ1) is 55.6. The number of nitrogens with one attached hydrogen (secondary N) is 1. The maximum atomic E-state index is 14.8. The number of amides is 2. The van der Waals surface area contributed by atoms with Gasteiger partial charge in [0.05, 0.1) is 30.3 Å². The Labute approximate surface area is 680 Å². The Morgan fingerprint density at radius 1 is 0.560 bits per heavy atom. The fraction of sp³-hybridized carbons (Fsp3) is 0.365. The van der Waals surface area contributed by atoms with Crippen LogP contribution in [0.1, 0.15) is 202 Å². The molecule has 1 aliphatic heterocycles. The maximum absolute atomic E-state index is 14.8. The van der Waals surface area contributed by atoms with Gasteiger partial charge in [-0.2, -0.15) is 5.26 Å². The van der Waals surface area contributed by atoms with E-state index < -0.39 is 53.5 Å². The number of ketones is 3. The number of methoxy groups -OCH3 is 1. The molecule has 0 saturated heterocycles.